The van der Waals surface area contributed by atoms with Crippen molar-refractivity contribution < 1.29 is 41.7 Å². The molecule has 3 N–H and O–H groups in total. The molecule has 2 aliphatic rings. The molecule has 0 radical (unpaired) electrons. The summed E-state index contributed by atoms with van der Waals surface area (Å²) in [5, 5.41) is 30.5. The molecule has 0 amide bonds. The summed E-state index contributed by atoms with van der Waals surface area (Å²) in [5.74, 6) is -0.692. The van der Waals surface area contributed by atoms with Crippen LogP contribution in [0.3, 0.4) is 0 Å². The molecular formula is C22H36F6O3. The van der Waals surface area contributed by atoms with Crippen LogP contribution in [0.1, 0.15) is 85.5 Å². The third-order valence-corrected chi connectivity index (χ3v) is 8.06. The van der Waals surface area contributed by atoms with Crippen molar-refractivity contribution in [1.82, 2.24) is 0 Å². The lowest BCUT2D eigenvalue weighted by Crippen LogP contribution is -2.60. The highest BCUT2D eigenvalue weighted by atomic mass is 19.4. The van der Waals surface area contributed by atoms with Gasteiger partial charge in [-0.3, -0.25) is 0 Å². The normalized spacial score (nSPS) is 32.6. The van der Waals surface area contributed by atoms with E-state index in [1.165, 1.54) is 20.8 Å². The van der Waals surface area contributed by atoms with Crippen molar-refractivity contribution in [2.75, 3.05) is 0 Å². The van der Waals surface area contributed by atoms with Crippen molar-refractivity contribution >= 4 is 0 Å². The van der Waals surface area contributed by atoms with Gasteiger partial charge in [-0.15, -0.1) is 0 Å². The Morgan fingerprint density at radius 1 is 0.871 bits per heavy atom. The highest BCUT2D eigenvalue weighted by Crippen LogP contribution is 2.64. The second kappa shape index (κ2) is 8.35. The fraction of sp³-hybridized carbons (Fsp3) is 1.00. The predicted octanol–water partition coefficient (Wildman–Crippen LogP) is 5.76. The lowest BCUT2D eigenvalue weighted by Gasteiger charge is -2.52. The van der Waals surface area contributed by atoms with Crippen LogP contribution < -0.4 is 0 Å². The Hall–Kier alpha value is -0.540. The summed E-state index contributed by atoms with van der Waals surface area (Å²) in [4.78, 5) is 0. The van der Waals surface area contributed by atoms with Crippen molar-refractivity contribution in [1.29, 1.82) is 0 Å². The lowest BCUT2D eigenvalue weighted by molar-refractivity contribution is -0.378. The molecule has 2 aliphatic carbocycles. The van der Waals surface area contributed by atoms with E-state index in [4.69, 9.17) is 0 Å². The van der Waals surface area contributed by atoms with Gasteiger partial charge in [0, 0.05) is 0 Å². The van der Waals surface area contributed by atoms with Gasteiger partial charge in [0.1, 0.15) is 0 Å². The summed E-state index contributed by atoms with van der Waals surface area (Å²) in [5.41, 5.74) is -8.00. The Labute approximate surface area is 180 Å². The fourth-order valence-corrected chi connectivity index (χ4v) is 6.55. The molecule has 2 fully saturated rings. The lowest BCUT2D eigenvalue weighted by atomic mass is 9.54. The van der Waals surface area contributed by atoms with Crippen molar-refractivity contribution in [3.63, 3.8) is 0 Å². The number of aliphatic hydroxyl groups is 3. The largest absolute Gasteiger partial charge is 0.426 e. The van der Waals surface area contributed by atoms with Crippen molar-refractivity contribution in [3.05, 3.63) is 0 Å². The zero-order chi connectivity index (χ0) is 24.1. The van der Waals surface area contributed by atoms with Crippen LogP contribution in [0.25, 0.3) is 0 Å². The van der Waals surface area contributed by atoms with Gasteiger partial charge in [0.2, 0.25) is 0 Å². The molecule has 0 aromatic rings. The van der Waals surface area contributed by atoms with E-state index in [2.05, 4.69) is 0 Å². The quantitative estimate of drug-likeness (QED) is 0.422. The zero-order valence-corrected chi connectivity index (χ0v) is 18.7. The fourth-order valence-electron chi connectivity index (χ4n) is 6.55. The van der Waals surface area contributed by atoms with Gasteiger partial charge in [0.15, 0.2) is 0 Å². The highest BCUT2D eigenvalue weighted by molar-refractivity contribution is 5.09. The summed E-state index contributed by atoms with van der Waals surface area (Å²) in [6.07, 6.45) is -10.6. The van der Waals surface area contributed by atoms with Crippen molar-refractivity contribution in [3.8, 4) is 0 Å². The van der Waals surface area contributed by atoms with E-state index in [0.717, 1.165) is 0 Å². The van der Waals surface area contributed by atoms with Crippen LogP contribution in [0.2, 0.25) is 0 Å². The van der Waals surface area contributed by atoms with Crippen LogP contribution in [0.15, 0.2) is 0 Å². The third-order valence-electron chi connectivity index (χ3n) is 8.06. The standard InChI is InChI=1S/C22H36F6O3/c1-17(2,30)10-6-11-18(3,13-20(31,21(23,24)25)22(26,27)28)16-9-8-14-15(29)7-5-12-19(14,16)4/h14-16,29-31H,5-13H2,1-4H3/t14?,15-,16?,18+,19-/m0/s1. The van der Waals surface area contributed by atoms with Gasteiger partial charge < -0.3 is 15.3 Å². The van der Waals surface area contributed by atoms with Crippen LogP contribution in [0.5, 0.6) is 0 Å². The van der Waals surface area contributed by atoms with E-state index < -0.39 is 52.8 Å². The Bertz CT molecular complexity index is 612. The molecule has 184 valence electrons. The first-order chi connectivity index (χ1) is 13.8. The molecule has 9 heteroatoms. The molecule has 0 bridgehead atoms. The summed E-state index contributed by atoms with van der Waals surface area (Å²) >= 11 is 0. The van der Waals surface area contributed by atoms with Gasteiger partial charge in [-0.05, 0) is 81.5 Å². The van der Waals surface area contributed by atoms with Gasteiger partial charge in [-0.1, -0.05) is 26.7 Å². The van der Waals surface area contributed by atoms with Gasteiger partial charge in [-0.2, -0.15) is 26.3 Å². The number of hydrogen-bond acceptors (Lipinski definition) is 3. The summed E-state index contributed by atoms with van der Waals surface area (Å²) in [6.45, 7) is 6.36. The molecule has 0 heterocycles. The summed E-state index contributed by atoms with van der Waals surface area (Å²) in [7, 11) is 0. The maximum Gasteiger partial charge on any atom is 0.426 e. The Kier molecular flexibility index (Phi) is 7.19. The van der Waals surface area contributed by atoms with Gasteiger partial charge in [-0.25, -0.2) is 0 Å². The number of alkyl halides is 6. The topological polar surface area (TPSA) is 60.7 Å². The van der Waals surface area contributed by atoms with E-state index in [1.807, 2.05) is 6.92 Å². The minimum absolute atomic E-state index is 0.00846. The summed E-state index contributed by atoms with van der Waals surface area (Å²) < 4.78 is 81.4. The van der Waals surface area contributed by atoms with Crippen LogP contribution in [-0.4, -0.2) is 45.0 Å². The first-order valence-electron chi connectivity index (χ1n) is 11.0. The SMILES string of the molecule is CC(C)(O)CCC[C@](C)(CC(O)(C(F)(F)F)C(F)(F)F)C1CCC2[C@@H](O)CCC[C@@]21C. The molecule has 0 saturated heterocycles. The van der Waals surface area contributed by atoms with E-state index in [0.29, 0.717) is 32.1 Å². The average molecular weight is 463 g/mol. The first-order valence-corrected chi connectivity index (χ1v) is 11.0. The van der Waals surface area contributed by atoms with Crippen LogP contribution in [0.4, 0.5) is 26.3 Å². The third kappa shape index (κ3) is 5.18. The van der Waals surface area contributed by atoms with E-state index in [-0.39, 0.29) is 25.2 Å². The van der Waals surface area contributed by atoms with Gasteiger partial charge >= 0.3 is 12.4 Å². The molecule has 0 spiro atoms. The smallest absolute Gasteiger partial charge is 0.393 e. The minimum atomic E-state index is -5.87. The molecule has 5 atom stereocenters. The number of aliphatic hydroxyl groups excluding tert-OH is 1. The Balaban J connectivity index is 2.46. The Morgan fingerprint density at radius 3 is 1.90 bits per heavy atom. The van der Waals surface area contributed by atoms with E-state index in [1.54, 1.807) is 0 Å². The maximum absolute atomic E-state index is 13.6. The molecule has 2 saturated carbocycles. The molecule has 2 unspecified atom stereocenters. The second-order valence-electron chi connectivity index (χ2n) is 11.1. The maximum atomic E-state index is 13.6. The molecule has 3 nitrogen and oxygen atoms in total. The summed E-state index contributed by atoms with van der Waals surface area (Å²) in [6, 6.07) is 0. The first kappa shape index (κ1) is 26.7. The Morgan fingerprint density at radius 2 is 1.42 bits per heavy atom. The molecule has 0 aromatic heterocycles. The van der Waals surface area contributed by atoms with E-state index in [9.17, 15) is 41.7 Å². The van der Waals surface area contributed by atoms with Crippen molar-refractivity contribution in [2.24, 2.45) is 22.7 Å². The highest BCUT2D eigenvalue weighted by Gasteiger charge is 2.72. The average Bonchev–Trinajstić information content (AvgIpc) is 2.90. The van der Waals surface area contributed by atoms with Gasteiger partial charge in [0.05, 0.1) is 11.7 Å². The number of rotatable bonds is 7. The second-order valence-corrected chi connectivity index (χ2v) is 11.1. The van der Waals surface area contributed by atoms with Crippen LogP contribution >= 0.6 is 0 Å². The number of fused-ring (bicyclic) bond motifs is 1. The monoisotopic (exact) mass is 462 g/mol. The van der Waals surface area contributed by atoms with Crippen molar-refractivity contribution in [2.45, 2.75) is 115 Å². The minimum Gasteiger partial charge on any atom is -0.393 e. The predicted molar refractivity (Wildman–Crippen MR) is 104 cm³/mol. The molecule has 0 aromatic carbocycles. The molecule has 0 aliphatic heterocycles. The molecule has 2 rings (SSSR count). The molecular weight excluding hydrogens is 426 g/mol. The molecule has 31 heavy (non-hydrogen) atoms. The van der Waals surface area contributed by atoms with Gasteiger partial charge in [0.25, 0.3) is 5.60 Å². The van der Waals surface area contributed by atoms with Crippen LogP contribution in [0, 0.1) is 22.7 Å². The zero-order valence-electron chi connectivity index (χ0n) is 18.7. The van der Waals surface area contributed by atoms with Crippen LogP contribution in [-0.2, 0) is 0 Å². The number of hydrogen-bond donors (Lipinski definition) is 3. The van der Waals surface area contributed by atoms with E-state index >= 15 is 0 Å². The number of halogens is 6.